The van der Waals surface area contributed by atoms with Crippen LogP contribution in [0.1, 0.15) is 58.8 Å². The fourth-order valence-electron chi connectivity index (χ4n) is 2.53. The number of amides is 2. The van der Waals surface area contributed by atoms with Crippen molar-refractivity contribution in [3.8, 4) is 0 Å². The predicted molar refractivity (Wildman–Crippen MR) is 114 cm³/mol. The lowest BCUT2D eigenvalue weighted by atomic mass is 10.1. The number of nitrogens with one attached hydrogen (secondary N) is 2. The molecule has 12 heteroatoms. The molecule has 33 heavy (non-hydrogen) atoms. The molecular weight excluding hydrogens is 440 g/mol. The van der Waals surface area contributed by atoms with Crippen LogP contribution in [0.5, 0.6) is 0 Å². The molecule has 0 bridgehead atoms. The Morgan fingerprint density at radius 1 is 0.697 bits per heavy atom. The SMILES string of the molecule is CCC(=O)CC[C@H](NC(=O)CCOCCOCCC(=O)N[C@@H](CCC(C)=O)C(=O)O)C(=O)O. The quantitative estimate of drug-likeness (QED) is 0.176. The number of hydrogen-bond donors (Lipinski definition) is 4. The zero-order chi connectivity index (χ0) is 25.2. The Bertz CT molecular complexity index is 680. The molecule has 0 fully saturated rings. The molecule has 0 saturated carbocycles. The van der Waals surface area contributed by atoms with Crippen molar-refractivity contribution in [1.29, 1.82) is 0 Å². The highest BCUT2D eigenvalue weighted by Gasteiger charge is 2.21. The van der Waals surface area contributed by atoms with E-state index in [4.69, 9.17) is 19.7 Å². The molecule has 4 N–H and O–H groups in total. The molecule has 0 saturated heterocycles. The third-order valence-electron chi connectivity index (χ3n) is 4.48. The number of ketones is 2. The van der Waals surface area contributed by atoms with E-state index in [9.17, 15) is 28.8 Å². The number of ether oxygens (including phenoxy) is 2. The number of carboxylic acids is 2. The van der Waals surface area contributed by atoms with Crippen molar-refractivity contribution in [2.24, 2.45) is 0 Å². The highest BCUT2D eigenvalue weighted by molar-refractivity contribution is 5.85. The monoisotopic (exact) mass is 474 g/mol. The van der Waals surface area contributed by atoms with E-state index in [1.165, 1.54) is 6.92 Å². The summed E-state index contributed by atoms with van der Waals surface area (Å²) in [7, 11) is 0. The molecule has 2 amide bonds. The molecule has 0 aliphatic rings. The van der Waals surface area contributed by atoms with Crippen molar-refractivity contribution in [2.45, 2.75) is 70.9 Å². The van der Waals surface area contributed by atoms with E-state index in [-0.39, 0.29) is 76.5 Å². The van der Waals surface area contributed by atoms with Crippen LogP contribution in [0.15, 0.2) is 0 Å². The van der Waals surface area contributed by atoms with E-state index in [2.05, 4.69) is 10.6 Å². The normalized spacial score (nSPS) is 12.4. The Morgan fingerprint density at radius 3 is 1.48 bits per heavy atom. The predicted octanol–water partition coefficient (Wildman–Crippen LogP) is 0.0671. The fraction of sp³-hybridized carbons (Fsp3) is 0.714. The average Bonchev–Trinajstić information content (AvgIpc) is 2.74. The maximum Gasteiger partial charge on any atom is 0.326 e. The molecule has 12 nitrogen and oxygen atoms in total. The highest BCUT2D eigenvalue weighted by Crippen LogP contribution is 2.02. The molecule has 0 aromatic carbocycles. The van der Waals surface area contributed by atoms with Gasteiger partial charge in [0.15, 0.2) is 0 Å². The van der Waals surface area contributed by atoms with Crippen LogP contribution in [0.25, 0.3) is 0 Å². The third-order valence-corrected chi connectivity index (χ3v) is 4.48. The van der Waals surface area contributed by atoms with Crippen molar-refractivity contribution < 1.29 is 48.5 Å². The van der Waals surface area contributed by atoms with E-state index in [0.717, 1.165) is 0 Å². The largest absolute Gasteiger partial charge is 0.480 e. The molecule has 188 valence electrons. The van der Waals surface area contributed by atoms with Crippen molar-refractivity contribution >= 4 is 35.3 Å². The minimum atomic E-state index is -1.22. The fourth-order valence-corrected chi connectivity index (χ4v) is 2.53. The first-order chi connectivity index (χ1) is 15.6. The number of carboxylic acid groups (broad SMARTS) is 2. The Morgan fingerprint density at radius 2 is 1.12 bits per heavy atom. The van der Waals surface area contributed by atoms with Gasteiger partial charge in [-0.15, -0.1) is 0 Å². The zero-order valence-electron chi connectivity index (χ0n) is 19.1. The highest BCUT2D eigenvalue weighted by atomic mass is 16.5. The van der Waals surface area contributed by atoms with Gasteiger partial charge in [-0.3, -0.25) is 14.4 Å². The second kappa shape index (κ2) is 17.7. The Labute approximate surface area is 192 Å². The first-order valence-electron chi connectivity index (χ1n) is 10.8. The van der Waals surface area contributed by atoms with Crippen LogP contribution in [-0.2, 0) is 38.2 Å². The molecule has 0 aromatic heterocycles. The number of Topliss-reactive ketones (excluding diaryl/α,β-unsaturated/α-hetero) is 2. The number of aliphatic carboxylic acids is 2. The van der Waals surface area contributed by atoms with Crippen molar-refractivity contribution in [2.75, 3.05) is 26.4 Å². The van der Waals surface area contributed by atoms with Gasteiger partial charge in [0, 0.05) is 32.1 Å². The first-order valence-corrected chi connectivity index (χ1v) is 10.8. The Kier molecular flexibility index (Phi) is 16.1. The van der Waals surface area contributed by atoms with Crippen LogP contribution in [0.4, 0.5) is 0 Å². The summed E-state index contributed by atoms with van der Waals surface area (Å²) in [6.07, 6.45) is 0.356. The number of carbonyl (C=O) groups excluding carboxylic acids is 4. The van der Waals surface area contributed by atoms with Crippen LogP contribution in [0.3, 0.4) is 0 Å². The van der Waals surface area contributed by atoms with E-state index in [1.807, 2.05) is 0 Å². The smallest absolute Gasteiger partial charge is 0.326 e. The van der Waals surface area contributed by atoms with E-state index < -0.39 is 35.8 Å². The van der Waals surface area contributed by atoms with Crippen LogP contribution >= 0.6 is 0 Å². The molecule has 2 atom stereocenters. The minimum absolute atomic E-state index is 0.0166. The molecule has 0 spiro atoms. The second-order valence-corrected chi connectivity index (χ2v) is 7.31. The number of carbonyl (C=O) groups is 6. The molecular formula is C21H34N2O10. The van der Waals surface area contributed by atoms with Gasteiger partial charge < -0.3 is 35.1 Å². The minimum Gasteiger partial charge on any atom is -0.480 e. The number of hydrogen-bond acceptors (Lipinski definition) is 8. The molecule has 0 heterocycles. The maximum absolute atomic E-state index is 11.8. The van der Waals surface area contributed by atoms with Crippen LogP contribution in [-0.4, -0.2) is 84.0 Å². The van der Waals surface area contributed by atoms with Crippen molar-refractivity contribution in [3.05, 3.63) is 0 Å². The van der Waals surface area contributed by atoms with Crippen LogP contribution in [0.2, 0.25) is 0 Å². The second-order valence-electron chi connectivity index (χ2n) is 7.31. The Balaban J connectivity index is 3.92. The van der Waals surface area contributed by atoms with Gasteiger partial charge in [0.2, 0.25) is 11.8 Å². The topological polar surface area (TPSA) is 185 Å². The van der Waals surface area contributed by atoms with Gasteiger partial charge in [0.1, 0.15) is 23.7 Å². The summed E-state index contributed by atoms with van der Waals surface area (Å²) in [4.78, 5) is 68.1. The third kappa shape index (κ3) is 16.4. The van der Waals surface area contributed by atoms with E-state index in [0.29, 0.717) is 6.42 Å². The summed E-state index contributed by atoms with van der Waals surface area (Å²) >= 11 is 0. The van der Waals surface area contributed by atoms with Gasteiger partial charge in [0.25, 0.3) is 0 Å². The lowest BCUT2D eigenvalue weighted by Gasteiger charge is -2.14. The summed E-state index contributed by atoms with van der Waals surface area (Å²) in [6.45, 7) is 3.36. The lowest BCUT2D eigenvalue weighted by Crippen LogP contribution is -2.41. The van der Waals surface area contributed by atoms with Gasteiger partial charge in [-0.1, -0.05) is 6.92 Å². The summed E-state index contributed by atoms with van der Waals surface area (Å²) in [5.41, 5.74) is 0. The summed E-state index contributed by atoms with van der Waals surface area (Å²) < 4.78 is 10.4. The summed E-state index contributed by atoms with van der Waals surface area (Å²) in [5.74, 6) is -3.70. The molecule has 0 aliphatic heterocycles. The first kappa shape index (κ1) is 30.1. The van der Waals surface area contributed by atoms with Crippen LogP contribution in [0, 0.1) is 0 Å². The molecule has 0 rings (SSSR count). The molecule has 0 aliphatic carbocycles. The van der Waals surface area contributed by atoms with Gasteiger partial charge in [-0.25, -0.2) is 9.59 Å². The van der Waals surface area contributed by atoms with Crippen molar-refractivity contribution in [1.82, 2.24) is 10.6 Å². The zero-order valence-corrected chi connectivity index (χ0v) is 19.1. The van der Waals surface area contributed by atoms with Gasteiger partial charge >= 0.3 is 11.9 Å². The van der Waals surface area contributed by atoms with Crippen LogP contribution < -0.4 is 10.6 Å². The molecule has 0 radical (unpaired) electrons. The van der Waals surface area contributed by atoms with E-state index in [1.54, 1.807) is 6.92 Å². The lowest BCUT2D eigenvalue weighted by molar-refractivity contribution is -0.142. The van der Waals surface area contributed by atoms with Crippen molar-refractivity contribution in [3.63, 3.8) is 0 Å². The van der Waals surface area contributed by atoms with Gasteiger partial charge in [-0.2, -0.15) is 0 Å². The number of rotatable bonds is 20. The average molecular weight is 475 g/mol. The standard InChI is InChI=1S/C21H34N2O10/c1-3-15(25)5-7-17(21(30)31)23-19(27)9-11-33-13-12-32-10-8-18(26)22-16(20(28)29)6-4-14(2)24/h16-17H,3-13H2,1-2H3,(H,22,26)(H,23,27)(H,28,29)(H,30,31)/t16-,17-/m0/s1. The summed E-state index contributed by atoms with van der Waals surface area (Å²) in [5, 5.41) is 22.9. The maximum atomic E-state index is 11.8. The van der Waals surface area contributed by atoms with Gasteiger partial charge in [0.05, 0.1) is 26.4 Å². The van der Waals surface area contributed by atoms with E-state index >= 15 is 0 Å². The Hall–Kier alpha value is -2.86. The van der Waals surface area contributed by atoms with Gasteiger partial charge in [-0.05, 0) is 19.8 Å². The summed E-state index contributed by atoms with van der Waals surface area (Å²) in [6, 6.07) is -2.27. The molecule has 0 aromatic rings. The molecule has 0 unspecified atom stereocenters.